The van der Waals surface area contributed by atoms with Gasteiger partial charge in [0.1, 0.15) is 18.1 Å². The minimum Gasteiger partial charge on any atom is -0.480 e. The van der Waals surface area contributed by atoms with Crippen LogP contribution in [0.4, 0.5) is 0 Å². The minimum atomic E-state index is -1.53. The highest BCUT2D eigenvalue weighted by molar-refractivity contribution is 8.01. The highest BCUT2D eigenvalue weighted by Gasteiger charge is 2.66. The van der Waals surface area contributed by atoms with Crippen LogP contribution in [0.2, 0.25) is 0 Å². The van der Waals surface area contributed by atoms with Crippen LogP contribution in [-0.2, 0) is 9.59 Å². The number of amides is 1. The number of rotatable bonds is 4. The molecule has 2 aliphatic heterocycles. The number of carboxylic acid groups (broad SMARTS) is 1. The third kappa shape index (κ3) is 1.98. The SMILES string of the molecule is CC1(C)S[C@@H]2[C@H]([C@H](O)C(=O)c3ccco3)C(=O)N2[C@H]1C(=O)O. The monoisotopic (exact) mass is 325 g/mol. The van der Waals surface area contributed by atoms with Crippen molar-refractivity contribution in [2.45, 2.75) is 36.1 Å². The molecular formula is C14H15NO6S. The van der Waals surface area contributed by atoms with Crippen molar-refractivity contribution in [2.75, 3.05) is 0 Å². The van der Waals surface area contributed by atoms with Gasteiger partial charge in [0, 0.05) is 4.75 Å². The molecule has 0 unspecified atom stereocenters. The maximum atomic E-state index is 12.3. The van der Waals surface area contributed by atoms with Crippen molar-refractivity contribution in [3.05, 3.63) is 24.2 Å². The lowest BCUT2D eigenvalue weighted by Crippen LogP contribution is -2.66. The van der Waals surface area contributed by atoms with E-state index in [9.17, 15) is 24.6 Å². The molecule has 3 heterocycles. The number of thioether (sulfide) groups is 1. The summed E-state index contributed by atoms with van der Waals surface area (Å²) in [5, 5.41) is 19.0. The van der Waals surface area contributed by atoms with E-state index in [4.69, 9.17) is 4.42 Å². The molecule has 2 N–H and O–H groups in total. The molecule has 118 valence electrons. The Morgan fingerprint density at radius 1 is 1.45 bits per heavy atom. The highest BCUT2D eigenvalue weighted by atomic mass is 32.2. The molecule has 0 spiro atoms. The molecule has 1 aromatic rings. The normalized spacial score (nSPS) is 30.6. The van der Waals surface area contributed by atoms with E-state index in [1.165, 1.54) is 35.1 Å². The lowest BCUT2D eigenvalue weighted by atomic mass is 9.86. The number of hydrogen-bond acceptors (Lipinski definition) is 6. The van der Waals surface area contributed by atoms with Gasteiger partial charge in [-0.1, -0.05) is 0 Å². The van der Waals surface area contributed by atoms with Gasteiger partial charge in [0.25, 0.3) is 0 Å². The van der Waals surface area contributed by atoms with Crippen molar-refractivity contribution in [1.29, 1.82) is 0 Å². The fourth-order valence-electron chi connectivity index (χ4n) is 3.06. The zero-order chi connectivity index (χ0) is 16.2. The molecule has 3 rings (SSSR count). The molecule has 0 aliphatic carbocycles. The second-order valence-electron chi connectivity index (χ2n) is 5.91. The van der Waals surface area contributed by atoms with Crippen molar-refractivity contribution >= 4 is 29.4 Å². The number of furan rings is 1. The molecule has 0 bridgehead atoms. The molecule has 22 heavy (non-hydrogen) atoms. The van der Waals surface area contributed by atoms with Crippen molar-refractivity contribution in [2.24, 2.45) is 5.92 Å². The van der Waals surface area contributed by atoms with E-state index in [2.05, 4.69) is 0 Å². The summed E-state index contributed by atoms with van der Waals surface area (Å²) in [6.07, 6.45) is -0.223. The number of carboxylic acids is 1. The second-order valence-corrected chi connectivity index (χ2v) is 7.68. The predicted molar refractivity (Wildman–Crippen MR) is 76.3 cm³/mol. The van der Waals surface area contributed by atoms with Gasteiger partial charge in [-0.15, -0.1) is 11.8 Å². The van der Waals surface area contributed by atoms with Gasteiger partial charge in [0.2, 0.25) is 11.7 Å². The summed E-state index contributed by atoms with van der Waals surface area (Å²) in [6.45, 7) is 3.47. The number of fused-ring (bicyclic) bond motifs is 1. The van der Waals surface area contributed by atoms with Gasteiger partial charge in [-0.2, -0.15) is 0 Å². The lowest BCUT2D eigenvalue weighted by molar-refractivity contribution is -0.167. The Morgan fingerprint density at radius 2 is 2.14 bits per heavy atom. The second kappa shape index (κ2) is 4.85. The third-order valence-electron chi connectivity index (χ3n) is 4.09. The Kier molecular flexibility index (Phi) is 3.33. The van der Waals surface area contributed by atoms with Crippen LogP contribution in [0.25, 0.3) is 0 Å². The van der Waals surface area contributed by atoms with E-state index in [-0.39, 0.29) is 5.76 Å². The van der Waals surface area contributed by atoms with Gasteiger partial charge in [-0.25, -0.2) is 4.79 Å². The van der Waals surface area contributed by atoms with Crippen LogP contribution >= 0.6 is 11.8 Å². The molecule has 8 heteroatoms. The van der Waals surface area contributed by atoms with Crippen LogP contribution in [0, 0.1) is 5.92 Å². The summed E-state index contributed by atoms with van der Waals surface area (Å²) >= 11 is 1.29. The summed E-state index contributed by atoms with van der Waals surface area (Å²) in [4.78, 5) is 37.0. The molecule has 2 saturated heterocycles. The maximum absolute atomic E-state index is 12.3. The summed E-state index contributed by atoms with van der Waals surface area (Å²) in [5.74, 6) is -3.22. The molecule has 1 aromatic heterocycles. The van der Waals surface area contributed by atoms with Crippen molar-refractivity contribution in [3.63, 3.8) is 0 Å². The number of carbonyl (C=O) groups is 3. The number of nitrogens with zero attached hydrogens (tertiary/aromatic N) is 1. The summed E-state index contributed by atoms with van der Waals surface area (Å²) in [5.41, 5.74) is 0. The zero-order valence-corrected chi connectivity index (χ0v) is 12.7. The zero-order valence-electron chi connectivity index (χ0n) is 11.9. The number of ketones is 1. The summed E-state index contributed by atoms with van der Waals surface area (Å²) < 4.78 is 4.26. The molecule has 0 saturated carbocycles. The number of aliphatic hydroxyl groups is 1. The Bertz CT molecular complexity index is 640. The average Bonchev–Trinajstić information content (AvgIpc) is 3.02. The fraction of sp³-hybridized carbons (Fsp3) is 0.500. The molecule has 2 aliphatic rings. The number of aliphatic carboxylic acids is 1. The predicted octanol–water partition coefficient (Wildman–Crippen LogP) is 0.586. The van der Waals surface area contributed by atoms with Crippen LogP contribution in [0.3, 0.4) is 0 Å². The summed E-state index contributed by atoms with van der Waals surface area (Å²) in [7, 11) is 0. The van der Waals surface area contributed by atoms with E-state index in [1.54, 1.807) is 13.8 Å². The number of β-lactam (4-membered cyclic amide) rings is 1. The van der Waals surface area contributed by atoms with Crippen molar-refractivity contribution in [1.82, 2.24) is 4.90 Å². The van der Waals surface area contributed by atoms with Crippen molar-refractivity contribution < 1.29 is 29.0 Å². The van der Waals surface area contributed by atoms with Crippen LogP contribution in [0.15, 0.2) is 22.8 Å². The van der Waals surface area contributed by atoms with E-state index in [0.29, 0.717) is 0 Å². The largest absolute Gasteiger partial charge is 0.480 e. The van der Waals surface area contributed by atoms with Gasteiger partial charge < -0.3 is 19.5 Å². The fourth-order valence-corrected chi connectivity index (χ4v) is 4.78. The van der Waals surface area contributed by atoms with E-state index < -0.39 is 45.8 Å². The average molecular weight is 325 g/mol. The highest BCUT2D eigenvalue weighted by Crippen LogP contribution is 2.54. The Balaban J connectivity index is 1.83. The van der Waals surface area contributed by atoms with E-state index in [1.807, 2.05) is 0 Å². The smallest absolute Gasteiger partial charge is 0.327 e. The molecule has 0 radical (unpaired) electrons. The van der Waals surface area contributed by atoms with Gasteiger partial charge in [0.15, 0.2) is 5.76 Å². The van der Waals surface area contributed by atoms with E-state index in [0.717, 1.165) is 0 Å². The first-order valence-corrected chi connectivity index (χ1v) is 7.62. The molecule has 4 atom stereocenters. The van der Waals surface area contributed by atoms with Crippen molar-refractivity contribution in [3.8, 4) is 0 Å². The Morgan fingerprint density at radius 3 is 2.68 bits per heavy atom. The molecule has 1 amide bonds. The van der Waals surface area contributed by atoms with Crippen LogP contribution in [-0.4, -0.2) is 55.0 Å². The Hall–Kier alpha value is -1.80. The molecule has 7 nitrogen and oxygen atoms in total. The quantitative estimate of drug-likeness (QED) is 0.616. The number of carbonyl (C=O) groups excluding carboxylic acids is 2. The summed E-state index contributed by atoms with van der Waals surface area (Å²) in [6, 6.07) is 1.97. The van der Waals surface area contributed by atoms with Crippen LogP contribution in [0.1, 0.15) is 24.4 Å². The first kappa shape index (κ1) is 15.1. The topological polar surface area (TPSA) is 108 Å². The van der Waals surface area contributed by atoms with Gasteiger partial charge in [-0.3, -0.25) is 9.59 Å². The first-order chi connectivity index (χ1) is 10.3. The first-order valence-electron chi connectivity index (χ1n) is 6.74. The number of Topliss-reactive ketones (excluding diaryl/α,β-unsaturated/α-hetero) is 1. The molecule has 0 aromatic carbocycles. The number of aliphatic hydroxyl groups excluding tert-OH is 1. The third-order valence-corrected chi connectivity index (χ3v) is 5.68. The lowest BCUT2D eigenvalue weighted by Gasteiger charge is -2.44. The van der Waals surface area contributed by atoms with Gasteiger partial charge in [-0.05, 0) is 26.0 Å². The van der Waals surface area contributed by atoms with Gasteiger partial charge >= 0.3 is 5.97 Å². The molecular weight excluding hydrogens is 310 g/mol. The minimum absolute atomic E-state index is 0.0178. The Labute approximate surface area is 130 Å². The maximum Gasteiger partial charge on any atom is 0.327 e. The van der Waals surface area contributed by atoms with Crippen LogP contribution in [0.5, 0.6) is 0 Å². The van der Waals surface area contributed by atoms with Gasteiger partial charge in [0.05, 0.1) is 11.6 Å². The van der Waals surface area contributed by atoms with Crippen LogP contribution < -0.4 is 0 Å². The number of hydrogen-bond donors (Lipinski definition) is 2. The van der Waals surface area contributed by atoms with E-state index >= 15 is 0 Å². The molecule has 2 fully saturated rings. The standard InChI is InChI=1S/C14H15NO6S/c1-14(2)10(13(19)20)15-11(18)7(12(15)22-14)9(17)8(16)6-4-3-5-21-6/h3-5,7,9-10,12,17H,1-2H3,(H,19,20)/t7-,9+,10+,12-/m1/s1.